The molecule has 6 heteroatoms. The van der Waals surface area contributed by atoms with Crippen LogP contribution in [0.4, 0.5) is 5.13 Å². The van der Waals surface area contributed by atoms with Crippen LogP contribution >= 0.6 is 11.3 Å². The van der Waals surface area contributed by atoms with Crippen molar-refractivity contribution >= 4 is 26.8 Å². The lowest BCUT2D eigenvalue weighted by Gasteiger charge is -2.31. The number of aromatic nitrogens is 3. The molecule has 21 heavy (non-hydrogen) atoms. The van der Waals surface area contributed by atoms with Gasteiger partial charge < -0.3 is 9.80 Å². The highest BCUT2D eigenvalue weighted by molar-refractivity contribution is 7.22. The van der Waals surface area contributed by atoms with Crippen molar-refractivity contribution in [2.24, 2.45) is 0 Å². The van der Waals surface area contributed by atoms with Crippen molar-refractivity contribution in [2.45, 2.75) is 33.6 Å². The third-order valence-corrected chi connectivity index (χ3v) is 4.67. The van der Waals surface area contributed by atoms with E-state index in [0.717, 1.165) is 55.5 Å². The first-order chi connectivity index (χ1) is 10.3. The summed E-state index contributed by atoms with van der Waals surface area (Å²) in [7, 11) is 2.17. The van der Waals surface area contributed by atoms with Crippen molar-refractivity contribution in [3.05, 3.63) is 12.0 Å². The Morgan fingerprint density at radius 2 is 1.86 bits per heavy atom. The van der Waals surface area contributed by atoms with E-state index >= 15 is 0 Å². The topological polar surface area (TPSA) is 45.2 Å². The summed E-state index contributed by atoms with van der Waals surface area (Å²) in [5.41, 5.74) is 2.00. The molecule has 0 spiro atoms. The predicted octanol–water partition coefficient (Wildman–Crippen LogP) is 2.82. The highest BCUT2D eigenvalue weighted by Gasteiger charge is 2.19. The van der Waals surface area contributed by atoms with Gasteiger partial charge >= 0.3 is 0 Å². The smallest absolute Gasteiger partial charge is 0.188 e. The van der Waals surface area contributed by atoms with Crippen molar-refractivity contribution in [3.63, 3.8) is 0 Å². The summed E-state index contributed by atoms with van der Waals surface area (Å²) < 4.78 is 1.17. The standard InChI is InChI=1S/C13H19N5S.C2H6/c1-3-4-10-11-12(15-9-14-10)16-13(19-11)18-7-5-17(2)6-8-18;1-2/h9H,3-8H2,1-2H3;1-2H3. The highest BCUT2D eigenvalue weighted by Crippen LogP contribution is 2.30. The molecule has 0 atom stereocenters. The summed E-state index contributed by atoms with van der Waals surface area (Å²) in [5, 5.41) is 1.10. The van der Waals surface area contributed by atoms with Crippen molar-refractivity contribution in [1.82, 2.24) is 19.9 Å². The number of aryl methyl sites for hydroxylation is 1. The van der Waals surface area contributed by atoms with Gasteiger partial charge in [-0.3, -0.25) is 0 Å². The van der Waals surface area contributed by atoms with Gasteiger partial charge in [0.1, 0.15) is 6.33 Å². The molecule has 0 bridgehead atoms. The minimum absolute atomic E-state index is 0.859. The Bertz CT molecular complexity index is 560. The number of rotatable bonds is 3. The second-order valence-electron chi connectivity index (χ2n) is 5.01. The molecule has 5 nitrogen and oxygen atoms in total. The van der Waals surface area contributed by atoms with E-state index in [1.807, 2.05) is 13.8 Å². The number of likely N-dealkylation sites (N-methyl/N-ethyl adjacent to an activating group) is 1. The highest BCUT2D eigenvalue weighted by atomic mass is 32.1. The van der Waals surface area contributed by atoms with E-state index in [9.17, 15) is 0 Å². The number of piperazine rings is 1. The summed E-state index contributed by atoms with van der Waals surface area (Å²) in [5.74, 6) is 0. The Kier molecular flexibility index (Phi) is 5.87. The molecule has 1 aliphatic rings. The number of hydrogen-bond acceptors (Lipinski definition) is 6. The van der Waals surface area contributed by atoms with Crippen LogP contribution in [0.1, 0.15) is 32.9 Å². The first-order valence-corrected chi connectivity index (χ1v) is 8.63. The summed E-state index contributed by atoms with van der Waals surface area (Å²) in [6.45, 7) is 10.5. The third kappa shape index (κ3) is 3.68. The molecule has 2 aromatic rings. The molecule has 2 aromatic heterocycles. The molecule has 0 saturated carbocycles. The summed E-state index contributed by atoms with van der Waals surface area (Å²) in [6, 6.07) is 0. The molecular weight excluding hydrogens is 282 g/mol. The lowest BCUT2D eigenvalue weighted by atomic mass is 10.2. The lowest BCUT2D eigenvalue weighted by Crippen LogP contribution is -2.44. The zero-order valence-electron chi connectivity index (χ0n) is 13.5. The zero-order valence-corrected chi connectivity index (χ0v) is 14.3. The predicted molar refractivity (Wildman–Crippen MR) is 90.3 cm³/mol. The largest absolute Gasteiger partial charge is 0.345 e. The van der Waals surface area contributed by atoms with Crippen LogP contribution < -0.4 is 4.90 Å². The Labute approximate surface area is 131 Å². The summed E-state index contributed by atoms with van der Waals surface area (Å²) >= 11 is 1.74. The van der Waals surface area contributed by atoms with E-state index in [0.29, 0.717) is 0 Å². The molecule has 0 aromatic carbocycles. The van der Waals surface area contributed by atoms with Crippen LogP contribution in [0, 0.1) is 0 Å². The Hall–Kier alpha value is -1.27. The zero-order chi connectivity index (χ0) is 15.2. The van der Waals surface area contributed by atoms with Crippen LogP contribution in [-0.4, -0.2) is 53.1 Å². The first-order valence-electron chi connectivity index (χ1n) is 7.82. The average Bonchev–Trinajstić information content (AvgIpc) is 2.95. The molecule has 3 rings (SSSR count). The van der Waals surface area contributed by atoms with Gasteiger partial charge in [0.05, 0.1) is 10.4 Å². The van der Waals surface area contributed by atoms with Crippen molar-refractivity contribution < 1.29 is 0 Å². The first kappa shape index (κ1) is 16.1. The van der Waals surface area contributed by atoms with Gasteiger partial charge in [0.15, 0.2) is 10.8 Å². The van der Waals surface area contributed by atoms with Gasteiger partial charge in [0, 0.05) is 26.2 Å². The van der Waals surface area contributed by atoms with Gasteiger partial charge in [0.2, 0.25) is 0 Å². The van der Waals surface area contributed by atoms with Gasteiger partial charge in [-0.1, -0.05) is 38.5 Å². The fraction of sp³-hybridized carbons (Fsp3) is 0.667. The SMILES string of the molecule is CC.CCCc1ncnc2nc(N3CCN(C)CC3)sc12. The second-order valence-corrected chi connectivity index (χ2v) is 5.99. The van der Waals surface area contributed by atoms with Crippen LogP contribution in [0.2, 0.25) is 0 Å². The van der Waals surface area contributed by atoms with Crippen LogP contribution in [0.5, 0.6) is 0 Å². The second kappa shape index (κ2) is 7.66. The molecule has 0 amide bonds. The summed E-state index contributed by atoms with van der Waals surface area (Å²) in [6.07, 6.45) is 3.75. The maximum absolute atomic E-state index is 4.68. The number of fused-ring (bicyclic) bond motifs is 1. The number of hydrogen-bond donors (Lipinski definition) is 0. The van der Waals surface area contributed by atoms with Crippen molar-refractivity contribution in [3.8, 4) is 0 Å². The molecule has 0 aliphatic carbocycles. The summed E-state index contributed by atoms with van der Waals surface area (Å²) in [4.78, 5) is 18.1. The van der Waals surface area contributed by atoms with E-state index in [-0.39, 0.29) is 0 Å². The fourth-order valence-electron chi connectivity index (χ4n) is 2.34. The molecule has 1 aliphatic heterocycles. The van der Waals surface area contributed by atoms with Crippen LogP contribution in [0.25, 0.3) is 10.3 Å². The normalized spacial score (nSPS) is 15.9. The van der Waals surface area contributed by atoms with E-state index in [2.05, 4.69) is 38.7 Å². The van der Waals surface area contributed by atoms with Crippen LogP contribution in [-0.2, 0) is 6.42 Å². The molecule has 116 valence electrons. The lowest BCUT2D eigenvalue weighted by molar-refractivity contribution is 0.313. The van der Waals surface area contributed by atoms with Crippen LogP contribution in [0.3, 0.4) is 0 Å². The van der Waals surface area contributed by atoms with Crippen LogP contribution in [0.15, 0.2) is 6.33 Å². The van der Waals surface area contributed by atoms with Gasteiger partial charge in [0.25, 0.3) is 0 Å². The van der Waals surface area contributed by atoms with Crippen molar-refractivity contribution in [2.75, 3.05) is 38.1 Å². The van der Waals surface area contributed by atoms with E-state index < -0.39 is 0 Å². The average molecular weight is 307 g/mol. The van der Waals surface area contributed by atoms with Gasteiger partial charge in [-0.15, -0.1) is 0 Å². The van der Waals surface area contributed by atoms with E-state index in [1.54, 1.807) is 17.7 Å². The molecular formula is C15H25N5S. The maximum atomic E-state index is 4.68. The van der Waals surface area contributed by atoms with Gasteiger partial charge in [-0.05, 0) is 13.5 Å². The molecule has 3 heterocycles. The van der Waals surface area contributed by atoms with Crippen molar-refractivity contribution in [1.29, 1.82) is 0 Å². The van der Waals surface area contributed by atoms with Gasteiger partial charge in [-0.25, -0.2) is 9.97 Å². The molecule has 0 radical (unpaired) electrons. The third-order valence-electron chi connectivity index (χ3n) is 3.51. The Balaban J connectivity index is 0.000000774. The molecule has 0 unspecified atom stereocenters. The quantitative estimate of drug-likeness (QED) is 0.872. The Morgan fingerprint density at radius 1 is 1.14 bits per heavy atom. The fourth-order valence-corrected chi connectivity index (χ4v) is 3.42. The minimum Gasteiger partial charge on any atom is -0.345 e. The Morgan fingerprint density at radius 3 is 2.52 bits per heavy atom. The monoisotopic (exact) mass is 307 g/mol. The number of anilines is 1. The number of nitrogens with zero attached hydrogens (tertiary/aromatic N) is 5. The molecule has 1 fully saturated rings. The maximum Gasteiger partial charge on any atom is 0.188 e. The van der Waals surface area contributed by atoms with E-state index in [1.165, 1.54) is 4.70 Å². The molecule has 0 N–H and O–H groups in total. The number of thiazole rings is 1. The minimum atomic E-state index is 0.859. The van der Waals surface area contributed by atoms with Gasteiger partial charge in [-0.2, -0.15) is 4.98 Å². The van der Waals surface area contributed by atoms with E-state index in [4.69, 9.17) is 0 Å². The molecule has 1 saturated heterocycles.